The summed E-state index contributed by atoms with van der Waals surface area (Å²) in [5.74, 6) is -0.433. The van der Waals surface area contributed by atoms with Crippen LogP contribution in [0, 0.1) is 10.1 Å². The summed E-state index contributed by atoms with van der Waals surface area (Å²) in [5.41, 5.74) is 5.96. The van der Waals surface area contributed by atoms with Crippen molar-refractivity contribution in [1.29, 1.82) is 0 Å². The highest BCUT2D eigenvalue weighted by Gasteiger charge is 2.15. The summed E-state index contributed by atoms with van der Waals surface area (Å²) in [5, 5.41) is 14.8. The molecule has 0 bridgehead atoms. The van der Waals surface area contributed by atoms with Gasteiger partial charge in [-0.2, -0.15) is 0 Å². The molecule has 0 aliphatic rings. The second-order valence-corrected chi connectivity index (χ2v) is 6.55. The van der Waals surface area contributed by atoms with E-state index < -0.39 is 10.9 Å². The zero-order valence-corrected chi connectivity index (χ0v) is 16.6. The number of amidine groups is 1. The molecule has 11 heteroatoms. The third kappa shape index (κ3) is 5.07. The number of nitro groups is 1. The summed E-state index contributed by atoms with van der Waals surface area (Å²) in [7, 11) is 0. The Bertz CT molecular complexity index is 1110. The predicted octanol–water partition coefficient (Wildman–Crippen LogP) is 4.55. The number of hydrogen-bond donors (Lipinski definition) is 1. The average molecular weight is 450 g/mol. The van der Waals surface area contributed by atoms with Crippen molar-refractivity contribution in [2.24, 2.45) is 10.9 Å². The number of benzene rings is 2. The normalized spacial score (nSPS) is 11.2. The molecule has 2 aromatic carbocycles. The van der Waals surface area contributed by atoms with E-state index in [1.165, 1.54) is 36.4 Å². The van der Waals surface area contributed by atoms with Gasteiger partial charge in [-0.25, -0.2) is 4.79 Å². The van der Waals surface area contributed by atoms with Gasteiger partial charge in [0.15, 0.2) is 5.84 Å². The molecule has 9 nitrogen and oxygen atoms in total. The first-order valence-electron chi connectivity index (χ1n) is 8.30. The van der Waals surface area contributed by atoms with Gasteiger partial charge in [0.1, 0.15) is 23.1 Å². The number of halogens is 2. The molecule has 0 spiro atoms. The number of furan rings is 1. The second kappa shape index (κ2) is 9.29. The van der Waals surface area contributed by atoms with Crippen LogP contribution in [-0.2, 0) is 11.4 Å². The van der Waals surface area contributed by atoms with Crippen LogP contribution in [0.5, 0.6) is 5.75 Å². The molecule has 0 radical (unpaired) electrons. The topological polar surface area (TPSA) is 130 Å². The van der Waals surface area contributed by atoms with Crippen molar-refractivity contribution in [3.63, 3.8) is 0 Å². The fourth-order valence-corrected chi connectivity index (χ4v) is 2.60. The lowest BCUT2D eigenvalue weighted by Gasteiger charge is -2.07. The summed E-state index contributed by atoms with van der Waals surface area (Å²) in [4.78, 5) is 26.9. The minimum absolute atomic E-state index is 0.00153. The number of carbonyl (C=O) groups excluding carboxylic acids is 1. The minimum atomic E-state index is -0.883. The van der Waals surface area contributed by atoms with Crippen molar-refractivity contribution in [3.05, 3.63) is 91.8 Å². The first kappa shape index (κ1) is 21.2. The van der Waals surface area contributed by atoms with Crippen molar-refractivity contribution in [2.75, 3.05) is 0 Å². The van der Waals surface area contributed by atoms with E-state index in [2.05, 4.69) is 5.16 Å². The first-order chi connectivity index (χ1) is 14.3. The van der Waals surface area contributed by atoms with Crippen LogP contribution in [0.1, 0.15) is 21.9 Å². The third-order valence-corrected chi connectivity index (χ3v) is 4.55. The van der Waals surface area contributed by atoms with Gasteiger partial charge in [0.25, 0.3) is 5.69 Å². The van der Waals surface area contributed by atoms with Crippen molar-refractivity contribution in [2.45, 2.75) is 6.61 Å². The van der Waals surface area contributed by atoms with Crippen LogP contribution < -0.4 is 10.5 Å². The van der Waals surface area contributed by atoms with Crippen molar-refractivity contribution in [1.82, 2.24) is 0 Å². The SMILES string of the molecule is N/C(=N\OC(=O)c1ccc(COc2cccc(Cl)c2Cl)o1)c1ccc([N+](=O)[O-])cc1. The number of carbonyl (C=O) groups is 1. The summed E-state index contributed by atoms with van der Waals surface area (Å²) in [6.07, 6.45) is 0. The zero-order chi connectivity index (χ0) is 21.7. The maximum Gasteiger partial charge on any atom is 0.400 e. The fraction of sp³-hybridized carbons (Fsp3) is 0.0526. The van der Waals surface area contributed by atoms with E-state index in [-0.39, 0.29) is 28.9 Å². The Hall–Kier alpha value is -3.56. The van der Waals surface area contributed by atoms with E-state index in [1.807, 2.05) is 0 Å². The van der Waals surface area contributed by atoms with Crippen LogP contribution in [0.4, 0.5) is 5.69 Å². The minimum Gasteiger partial charge on any atom is -0.484 e. The van der Waals surface area contributed by atoms with E-state index in [0.717, 1.165) is 0 Å². The molecule has 0 amide bonds. The molecule has 0 saturated carbocycles. The third-order valence-electron chi connectivity index (χ3n) is 3.75. The maximum absolute atomic E-state index is 12.1. The Labute approximate surface area is 179 Å². The Morgan fingerprint density at radius 3 is 2.57 bits per heavy atom. The average Bonchev–Trinajstić information content (AvgIpc) is 3.22. The number of nitrogens with two attached hydrogens (primary N) is 1. The Morgan fingerprint density at radius 2 is 1.87 bits per heavy atom. The number of ether oxygens (including phenoxy) is 1. The van der Waals surface area contributed by atoms with Gasteiger partial charge in [0.2, 0.25) is 5.76 Å². The highest BCUT2D eigenvalue weighted by molar-refractivity contribution is 6.42. The number of non-ortho nitro benzene ring substituents is 1. The molecular weight excluding hydrogens is 437 g/mol. The molecule has 30 heavy (non-hydrogen) atoms. The highest BCUT2D eigenvalue weighted by atomic mass is 35.5. The quantitative estimate of drug-likeness (QED) is 0.184. The molecule has 3 aromatic rings. The van der Waals surface area contributed by atoms with Crippen molar-refractivity contribution in [3.8, 4) is 5.75 Å². The molecule has 1 aromatic heterocycles. The van der Waals surface area contributed by atoms with Crippen LogP contribution in [0.2, 0.25) is 10.0 Å². The van der Waals surface area contributed by atoms with E-state index >= 15 is 0 Å². The largest absolute Gasteiger partial charge is 0.484 e. The van der Waals surface area contributed by atoms with Gasteiger partial charge in [-0.05, 0) is 36.4 Å². The molecule has 154 valence electrons. The van der Waals surface area contributed by atoms with E-state index in [4.69, 9.17) is 42.9 Å². The molecule has 1 heterocycles. The van der Waals surface area contributed by atoms with Crippen LogP contribution in [0.3, 0.4) is 0 Å². The number of nitrogens with zero attached hydrogens (tertiary/aromatic N) is 2. The van der Waals surface area contributed by atoms with Gasteiger partial charge in [0.05, 0.1) is 9.95 Å². The summed E-state index contributed by atoms with van der Waals surface area (Å²) in [6.45, 7) is 0.00153. The Kier molecular flexibility index (Phi) is 6.55. The first-order valence-corrected chi connectivity index (χ1v) is 9.06. The maximum atomic E-state index is 12.1. The lowest BCUT2D eigenvalue weighted by Crippen LogP contribution is -2.15. The van der Waals surface area contributed by atoms with Crippen molar-refractivity contribution >= 4 is 40.7 Å². The van der Waals surface area contributed by atoms with Gasteiger partial charge in [-0.1, -0.05) is 34.4 Å². The summed E-state index contributed by atoms with van der Waals surface area (Å²) >= 11 is 12.0. The molecule has 2 N–H and O–H groups in total. The van der Waals surface area contributed by atoms with Crippen LogP contribution >= 0.6 is 23.2 Å². The molecule has 0 fully saturated rings. The molecular formula is C19H13Cl2N3O6. The van der Waals surface area contributed by atoms with Crippen LogP contribution in [0.15, 0.2) is 64.2 Å². The number of nitro benzene ring substituents is 1. The van der Waals surface area contributed by atoms with Gasteiger partial charge < -0.3 is 19.7 Å². The molecule has 0 atom stereocenters. The van der Waals surface area contributed by atoms with Crippen LogP contribution in [-0.4, -0.2) is 16.7 Å². The predicted molar refractivity (Wildman–Crippen MR) is 109 cm³/mol. The van der Waals surface area contributed by atoms with Crippen molar-refractivity contribution < 1.29 is 23.7 Å². The Balaban J connectivity index is 1.59. The van der Waals surface area contributed by atoms with E-state index in [9.17, 15) is 14.9 Å². The fourth-order valence-electron chi connectivity index (χ4n) is 2.25. The summed E-state index contributed by atoms with van der Waals surface area (Å²) in [6, 6.07) is 13.1. The summed E-state index contributed by atoms with van der Waals surface area (Å²) < 4.78 is 10.9. The zero-order valence-electron chi connectivity index (χ0n) is 15.1. The lowest BCUT2D eigenvalue weighted by molar-refractivity contribution is -0.384. The molecule has 0 unspecified atom stereocenters. The highest BCUT2D eigenvalue weighted by Crippen LogP contribution is 2.32. The van der Waals surface area contributed by atoms with Gasteiger partial charge in [-0.3, -0.25) is 10.1 Å². The Morgan fingerprint density at radius 1 is 1.13 bits per heavy atom. The molecule has 0 saturated heterocycles. The van der Waals surface area contributed by atoms with E-state index in [0.29, 0.717) is 22.1 Å². The molecule has 0 aliphatic carbocycles. The smallest absolute Gasteiger partial charge is 0.400 e. The van der Waals surface area contributed by atoms with Crippen LogP contribution in [0.25, 0.3) is 0 Å². The molecule has 3 rings (SSSR count). The number of rotatable bonds is 7. The number of oxime groups is 1. The number of hydrogen-bond acceptors (Lipinski definition) is 7. The van der Waals surface area contributed by atoms with Gasteiger partial charge >= 0.3 is 5.97 Å². The molecule has 0 aliphatic heterocycles. The van der Waals surface area contributed by atoms with E-state index in [1.54, 1.807) is 18.2 Å². The second-order valence-electron chi connectivity index (χ2n) is 5.77. The monoisotopic (exact) mass is 449 g/mol. The standard InChI is InChI=1S/C19H13Cl2N3O6/c20-14-2-1-3-15(17(14)21)28-10-13-8-9-16(29-13)19(25)30-23-18(22)11-4-6-12(7-5-11)24(26)27/h1-9H,10H2,(H2,22,23). The van der Waals surface area contributed by atoms with Gasteiger partial charge in [0, 0.05) is 17.7 Å². The lowest BCUT2D eigenvalue weighted by atomic mass is 10.2. The van der Waals surface area contributed by atoms with Gasteiger partial charge in [-0.15, -0.1) is 0 Å².